The van der Waals surface area contributed by atoms with E-state index in [1.165, 1.54) is 17.5 Å². The molecule has 1 aromatic rings. The van der Waals surface area contributed by atoms with Gasteiger partial charge in [0.25, 0.3) is 10.0 Å². The number of aliphatic hydroxyl groups is 1. The van der Waals surface area contributed by atoms with Gasteiger partial charge in [0.1, 0.15) is 0 Å². The summed E-state index contributed by atoms with van der Waals surface area (Å²) in [7, 11) is -3.48. The first-order chi connectivity index (χ1) is 9.41. The molecule has 1 fully saturated rings. The fraction of sp³-hybridized carbons (Fsp3) is 0.769. The molecule has 1 aliphatic rings. The molecule has 2 heterocycles. The molecule has 2 rings (SSSR count). The minimum absolute atomic E-state index is 0.107. The van der Waals surface area contributed by atoms with Crippen LogP contribution in [0.25, 0.3) is 0 Å². The maximum absolute atomic E-state index is 12.8. The summed E-state index contributed by atoms with van der Waals surface area (Å²) in [5, 5.41) is 10.4. The second-order valence-corrected chi connectivity index (χ2v) is 8.75. The van der Waals surface area contributed by atoms with E-state index in [4.69, 9.17) is 0 Å². The van der Waals surface area contributed by atoms with Crippen LogP contribution in [0.4, 0.5) is 0 Å². The van der Waals surface area contributed by atoms with E-state index in [2.05, 4.69) is 4.98 Å². The molecule has 1 N–H and O–H groups in total. The fourth-order valence-electron chi connectivity index (χ4n) is 2.67. The quantitative estimate of drug-likeness (QED) is 0.923. The first-order valence-electron chi connectivity index (χ1n) is 7.03. The Morgan fingerprint density at radius 1 is 1.50 bits per heavy atom. The number of nitrogens with zero attached hydrogens (tertiary/aromatic N) is 2. The molecule has 0 spiro atoms. The van der Waals surface area contributed by atoms with Gasteiger partial charge >= 0.3 is 0 Å². The molecule has 7 heteroatoms. The lowest BCUT2D eigenvalue weighted by molar-refractivity contribution is 0.147. The Morgan fingerprint density at radius 3 is 2.85 bits per heavy atom. The second kappa shape index (κ2) is 6.51. The number of aryl methyl sites for hydroxylation is 1. The van der Waals surface area contributed by atoms with Crippen molar-refractivity contribution in [1.29, 1.82) is 0 Å². The van der Waals surface area contributed by atoms with Crippen LogP contribution in [0.3, 0.4) is 0 Å². The topological polar surface area (TPSA) is 70.5 Å². The van der Waals surface area contributed by atoms with Crippen molar-refractivity contribution in [2.24, 2.45) is 0 Å². The third-order valence-corrected chi connectivity index (χ3v) is 6.90. The fourth-order valence-corrected chi connectivity index (χ4v) is 5.62. The van der Waals surface area contributed by atoms with E-state index in [0.717, 1.165) is 30.7 Å². The zero-order valence-corrected chi connectivity index (χ0v) is 13.6. The van der Waals surface area contributed by atoms with Gasteiger partial charge in [-0.05, 0) is 33.1 Å². The third-order valence-electron chi connectivity index (χ3n) is 3.60. The Hall–Kier alpha value is -0.500. The lowest BCUT2D eigenvalue weighted by Gasteiger charge is -2.29. The lowest BCUT2D eigenvalue weighted by atomic mass is 10.1. The maximum Gasteiger partial charge on any atom is 0.254 e. The highest BCUT2D eigenvalue weighted by Crippen LogP contribution is 2.29. The highest BCUT2D eigenvalue weighted by Gasteiger charge is 2.34. The average molecular weight is 318 g/mol. The first kappa shape index (κ1) is 15.9. The molecule has 2 unspecified atom stereocenters. The predicted molar refractivity (Wildman–Crippen MR) is 79.3 cm³/mol. The third kappa shape index (κ3) is 3.58. The smallest absolute Gasteiger partial charge is 0.254 e. The van der Waals surface area contributed by atoms with Gasteiger partial charge in [-0.3, -0.25) is 0 Å². The Bertz CT molecular complexity index is 540. The summed E-state index contributed by atoms with van der Waals surface area (Å²) < 4.78 is 27.4. The van der Waals surface area contributed by atoms with Gasteiger partial charge in [-0.1, -0.05) is 12.8 Å². The van der Waals surface area contributed by atoms with Gasteiger partial charge in [-0.2, -0.15) is 4.31 Å². The second-order valence-electron chi connectivity index (χ2n) is 5.40. The van der Waals surface area contributed by atoms with E-state index in [1.807, 2.05) is 0 Å². The number of hydrogen-bond acceptors (Lipinski definition) is 5. The summed E-state index contributed by atoms with van der Waals surface area (Å²) in [4.78, 5) is 4.05. The van der Waals surface area contributed by atoms with Crippen LogP contribution in [0.5, 0.6) is 0 Å². The van der Waals surface area contributed by atoms with Crippen LogP contribution in [0, 0.1) is 6.92 Å². The van der Waals surface area contributed by atoms with Gasteiger partial charge < -0.3 is 5.11 Å². The normalized spacial score (nSPS) is 23.4. The van der Waals surface area contributed by atoms with Crippen molar-refractivity contribution < 1.29 is 13.5 Å². The van der Waals surface area contributed by atoms with Crippen LogP contribution >= 0.6 is 11.3 Å². The standard InChI is InChI=1S/C13H22N2O3S2/c1-10(16)8-12-6-4-3-5-7-15(12)20(17,18)13-9-14-11(2)19-13/h9-10,12,16H,3-8H2,1-2H3. The molecular formula is C13H22N2O3S2. The van der Waals surface area contributed by atoms with Crippen molar-refractivity contribution in [3.63, 3.8) is 0 Å². The van der Waals surface area contributed by atoms with Gasteiger partial charge in [-0.15, -0.1) is 11.3 Å². The Labute approximate surface area is 124 Å². The van der Waals surface area contributed by atoms with Gasteiger partial charge in [0, 0.05) is 12.6 Å². The van der Waals surface area contributed by atoms with Crippen molar-refractivity contribution in [3.8, 4) is 0 Å². The largest absolute Gasteiger partial charge is 0.393 e. The molecule has 0 saturated carbocycles. The molecule has 1 aromatic heterocycles. The molecule has 0 amide bonds. The highest BCUT2D eigenvalue weighted by atomic mass is 32.2. The van der Waals surface area contributed by atoms with Gasteiger partial charge in [0.05, 0.1) is 17.3 Å². The van der Waals surface area contributed by atoms with Crippen LogP contribution < -0.4 is 0 Å². The van der Waals surface area contributed by atoms with Gasteiger partial charge in [0.2, 0.25) is 0 Å². The van der Waals surface area contributed by atoms with Crippen LogP contribution in [0.15, 0.2) is 10.4 Å². The average Bonchev–Trinajstić information content (AvgIpc) is 2.66. The molecule has 1 aliphatic heterocycles. The summed E-state index contributed by atoms with van der Waals surface area (Å²) in [6.07, 6.45) is 5.22. The number of thiazole rings is 1. The Morgan fingerprint density at radius 2 is 2.25 bits per heavy atom. The van der Waals surface area contributed by atoms with Crippen molar-refractivity contribution in [1.82, 2.24) is 9.29 Å². The highest BCUT2D eigenvalue weighted by molar-refractivity contribution is 7.91. The van der Waals surface area contributed by atoms with E-state index in [1.54, 1.807) is 18.2 Å². The summed E-state index contributed by atoms with van der Waals surface area (Å²) in [6.45, 7) is 4.06. The molecule has 20 heavy (non-hydrogen) atoms. The van der Waals surface area contributed by atoms with Gasteiger partial charge in [0.15, 0.2) is 4.21 Å². The lowest BCUT2D eigenvalue weighted by Crippen LogP contribution is -2.41. The van der Waals surface area contributed by atoms with Crippen molar-refractivity contribution in [2.75, 3.05) is 6.54 Å². The van der Waals surface area contributed by atoms with E-state index in [0.29, 0.717) is 17.2 Å². The van der Waals surface area contributed by atoms with E-state index >= 15 is 0 Å². The predicted octanol–water partition coefficient (Wildman–Crippen LogP) is 2.16. The molecule has 5 nitrogen and oxygen atoms in total. The number of sulfonamides is 1. The van der Waals surface area contributed by atoms with Crippen molar-refractivity contribution in [2.45, 2.75) is 62.3 Å². The minimum Gasteiger partial charge on any atom is -0.393 e. The molecule has 1 saturated heterocycles. The molecule has 114 valence electrons. The number of aliphatic hydroxyl groups excluding tert-OH is 1. The zero-order chi connectivity index (χ0) is 14.8. The van der Waals surface area contributed by atoms with Crippen LogP contribution in [0.1, 0.15) is 44.0 Å². The molecule has 2 atom stereocenters. The SMILES string of the molecule is Cc1ncc(S(=O)(=O)N2CCCCCC2CC(C)O)s1. The van der Waals surface area contributed by atoms with Crippen LogP contribution in [-0.4, -0.2) is 41.5 Å². The molecule has 0 radical (unpaired) electrons. The Balaban J connectivity index is 2.29. The van der Waals surface area contributed by atoms with Gasteiger partial charge in [-0.25, -0.2) is 13.4 Å². The summed E-state index contributed by atoms with van der Waals surface area (Å²) in [5.41, 5.74) is 0. The monoisotopic (exact) mass is 318 g/mol. The number of hydrogen-bond donors (Lipinski definition) is 1. The van der Waals surface area contributed by atoms with Crippen molar-refractivity contribution in [3.05, 3.63) is 11.2 Å². The minimum atomic E-state index is -3.48. The van der Waals surface area contributed by atoms with E-state index in [-0.39, 0.29) is 6.04 Å². The summed E-state index contributed by atoms with van der Waals surface area (Å²) in [5.74, 6) is 0. The van der Waals surface area contributed by atoms with Crippen molar-refractivity contribution >= 4 is 21.4 Å². The molecule has 0 aromatic carbocycles. The Kier molecular flexibility index (Phi) is 5.17. The summed E-state index contributed by atoms with van der Waals surface area (Å²) >= 11 is 1.21. The van der Waals surface area contributed by atoms with Crippen LogP contribution in [-0.2, 0) is 10.0 Å². The van der Waals surface area contributed by atoms with Crippen LogP contribution in [0.2, 0.25) is 0 Å². The zero-order valence-electron chi connectivity index (χ0n) is 11.9. The molecular weight excluding hydrogens is 296 g/mol. The van der Waals surface area contributed by atoms with E-state index < -0.39 is 16.1 Å². The van der Waals surface area contributed by atoms with E-state index in [9.17, 15) is 13.5 Å². The molecule has 0 aliphatic carbocycles. The molecule has 0 bridgehead atoms. The number of aromatic nitrogens is 1. The maximum atomic E-state index is 12.8. The summed E-state index contributed by atoms with van der Waals surface area (Å²) in [6, 6.07) is -0.107. The first-order valence-corrected chi connectivity index (χ1v) is 9.29. The number of rotatable bonds is 4.